The van der Waals surface area contributed by atoms with Gasteiger partial charge in [-0.25, -0.2) is 14.4 Å². The molecule has 1 aromatic rings. The van der Waals surface area contributed by atoms with Crippen molar-refractivity contribution >= 4 is 41.5 Å². The molecule has 2 rings (SSSR count). The summed E-state index contributed by atoms with van der Waals surface area (Å²) >= 11 is 7.62. The number of thioether (sulfide) groups is 1. The van der Waals surface area contributed by atoms with Gasteiger partial charge in [0.05, 0.1) is 13.2 Å². The van der Waals surface area contributed by atoms with Crippen LogP contribution in [0.2, 0.25) is 5.02 Å². The predicted octanol–water partition coefficient (Wildman–Crippen LogP) is 3.89. The molecule has 10 heteroatoms. The van der Waals surface area contributed by atoms with Crippen molar-refractivity contribution in [2.45, 2.75) is 37.7 Å². The van der Waals surface area contributed by atoms with Crippen LogP contribution in [0.15, 0.2) is 35.9 Å². The van der Waals surface area contributed by atoms with Gasteiger partial charge in [0.2, 0.25) is 0 Å². The number of benzene rings is 1. The zero-order valence-corrected chi connectivity index (χ0v) is 19.1. The summed E-state index contributed by atoms with van der Waals surface area (Å²) in [6, 6.07) is 6.22. The summed E-state index contributed by atoms with van der Waals surface area (Å²) in [6.07, 6.45) is 0.623. The molecule has 0 aromatic heterocycles. The highest BCUT2D eigenvalue weighted by molar-refractivity contribution is 7.99. The van der Waals surface area contributed by atoms with Crippen LogP contribution in [0, 0.1) is 0 Å². The van der Waals surface area contributed by atoms with Gasteiger partial charge < -0.3 is 19.3 Å². The number of carbonyl (C=O) groups excluding carboxylic acids is 2. The molecule has 31 heavy (non-hydrogen) atoms. The number of halogens is 1. The van der Waals surface area contributed by atoms with Crippen molar-refractivity contribution in [3.05, 3.63) is 46.5 Å². The zero-order chi connectivity index (χ0) is 23.0. The fourth-order valence-corrected chi connectivity index (χ4v) is 4.46. The van der Waals surface area contributed by atoms with Crippen LogP contribution < -0.4 is 0 Å². The first kappa shape index (κ1) is 25.0. The lowest BCUT2D eigenvalue weighted by molar-refractivity contribution is -0.147. The number of carboxylic acids is 1. The number of methoxy groups -OCH3 is 1. The Morgan fingerprint density at radius 1 is 1.32 bits per heavy atom. The van der Waals surface area contributed by atoms with E-state index in [2.05, 4.69) is 0 Å². The molecule has 1 aliphatic rings. The standard InChI is InChI=1S/C21H26ClNO7S/c1-13(2)30-21(27)29-12-31-17-8-9-23(11-14(17)10-18(24)25)19(20(26)28-3)15-6-4-5-7-16(15)22/h4-7,10,13,17,19H,8-9,11-12H2,1-3H3,(H,24,25)/b14-10+/t17-,19-/m0/s1. The van der Waals surface area contributed by atoms with E-state index in [0.717, 1.165) is 6.08 Å². The van der Waals surface area contributed by atoms with Crippen LogP contribution in [0.4, 0.5) is 4.79 Å². The van der Waals surface area contributed by atoms with Gasteiger partial charge in [0.15, 0.2) is 0 Å². The summed E-state index contributed by atoms with van der Waals surface area (Å²) in [5.74, 6) is -1.54. The zero-order valence-electron chi connectivity index (χ0n) is 17.6. The van der Waals surface area contributed by atoms with Crippen LogP contribution in [0.3, 0.4) is 0 Å². The fraction of sp³-hybridized carbons (Fsp3) is 0.476. The minimum atomic E-state index is -1.09. The molecule has 1 heterocycles. The first-order valence-corrected chi connectivity index (χ1v) is 11.1. The summed E-state index contributed by atoms with van der Waals surface area (Å²) in [6.45, 7) is 4.16. The van der Waals surface area contributed by atoms with E-state index in [0.29, 0.717) is 29.1 Å². The average Bonchev–Trinajstić information content (AvgIpc) is 2.70. The molecule has 0 bridgehead atoms. The molecule has 0 amide bonds. The summed E-state index contributed by atoms with van der Waals surface area (Å²) in [4.78, 5) is 37.4. The number of hydrogen-bond donors (Lipinski definition) is 1. The summed E-state index contributed by atoms with van der Waals surface area (Å²) in [5.41, 5.74) is 1.20. The normalized spacial score (nSPS) is 19.1. The number of rotatable bonds is 8. The SMILES string of the molecule is COC(=O)[C@H](c1ccccc1Cl)N1CC[C@H](SCOC(=O)OC(C)C)/C(=C/C(=O)O)C1. The first-order chi connectivity index (χ1) is 14.7. The number of ether oxygens (including phenoxy) is 3. The number of esters is 1. The Morgan fingerprint density at radius 3 is 2.65 bits per heavy atom. The molecule has 1 N–H and O–H groups in total. The minimum Gasteiger partial charge on any atom is -0.478 e. The van der Waals surface area contributed by atoms with E-state index in [1.807, 2.05) is 4.90 Å². The third-order valence-electron chi connectivity index (χ3n) is 4.55. The Kier molecular flexibility index (Phi) is 9.67. The second-order valence-electron chi connectivity index (χ2n) is 7.10. The molecule has 0 unspecified atom stereocenters. The van der Waals surface area contributed by atoms with E-state index in [4.69, 9.17) is 25.8 Å². The smallest absolute Gasteiger partial charge is 0.478 e. The Morgan fingerprint density at radius 2 is 2.03 bits per heavy atom. The van der Waals surface area contributed by atoms with Crippen molar-refractivity contribution in [3.8, 4) is 0 Å². The van der Waals surface area contributed by atoms with Gasteiger partial charge in [0.1, 0.15) is 12.0 Å². The van der Waals surface area contributed by atoms with E-state index >= 15 is 0 Å². The Hall–Kier alpha value is -2.23. The molecule has 8 nitrogen and oxygen atoms in total. The van der Waals surface area contributed by atoms with Gasteiger partial charge in [-0.15, -0.1) is 11.8 Å². The summed E-state index contributed by atoms with van der Waals surface area (Å²) < 4.78 is 15.0. The van der Waals surface area contributed by atoms with Gasteiger partial charge in [-0.1, -0.05) is 29.8 Å². The van der Waals surface area contributed by atoms with Crippen LogP contribution in [-0.2, 0) is 23.8 Å². The average molecular weight is 472 g/mol. The molecule has 0 aliphatic carbocycles. The number of carboxylic acid groups (broad SMARTS) is 1. The number of carbonyl (C=O) groups is 3. The van der Waals surface area contributed by atoms with E-state index in [-0.39, 0.29) is 23.8 Å². The number of likely N-dealkylation sites (tertiary alicyclic amines) is 1. The first-order valence-electron chi connectivity index (χ1n) is 9.67. The Labute approximate surface area is 190 Å². The molecule has 1 fully saturated rings. The number of hydrogen-bond acceptors (Lipinski definition) is 8. The van der Waals surface area contributed by atoms with Crippen LogP contribution in [0.25, 0.3) is 0 Å². The van der Waals surface area contributed by atoms with Gasteiger partial charge in [-0.05, 0) is 37.5 Å². The lowest BCUT2D eigenvalue weighted by Gasteiger charge is -2.37. The second kappa shape index (κ2) is 12.0. The molecule has 2 atom stereocenters. The van der Waals surface area contributed by atoms with Gasteiger partial charge in [0.25, 0.3) is 0 Å². The lowest BCUT2D eigenvalue weighted by atomic mass is 9.98. The van der Waals surface area contributed by atoms with Gasteiger partial charge in [0, 0.05) is 29.4 Å². The van der Waals surface area contributed by atoms with Gasteiger partial charge in [-0.3, -0.25) is 4.90 Å². The summed E-state index contributed by atoms with van der Waals surface area (Å²) in [5, 5.41) is 9.55. The van der Waals surface area contributed by atoms with Gasteiger partial charge >= 0.3 is 18.1 Å². The number of aliphatic carboxylic acids is 1. The third kappa shape index (κ3) is 7.45. The van der Waals surface area contributed by atoms with E-state index in [1.54, 1.807) is 38.1 Å². The minimum absolute atomic E-state index is 0.0259. The largest absolute Gasteiger partial charge is 0.509 e. The maximum absolute atomic E-state index is 12.6. The van der Waals surface area contributed by atoms with E-state index < -0.39 is 24.1 Å². The molecule has 1 saturated heterocycles. The predicted molar refractivity (Wildman–Crippen MR) is 117 cm³/mol. The Balaban J connectivity index is 2.15. The van der Waals surface area contributed by atoms with E-state index in [1.165, 1.54) is 18.9 Å². The van der Waals surface area contributed by atoms with Gasteiger partial charge in [-0.2, -0.15) is 0 Å². The molecule has 1 aliphatic heterocycles. The second-order valence-corrected chi connectivity index (χ2v) is 8.64. The lowest BCUT2D eigenvalue weighted by Crippen LogP contribution is -2.43. The van der Waals surface area contributed by atoms with Crippen LogP contribution in [-0.4, -0.2) is 65.6 Å². The topological polar surface area (TPSA) is 102 Å². The molecule has 0 radical (unpaired) electrons. The summed E-state index contributed by atoms with van der Waals surface area (Å²) in [7, 11) is 1.30. The van der Waals surface area contributed by atoms with Crippen LogP contribution in [0.1, 0.15) is 31.9 Å². The quantitative estimate of drug-likeness (QED) is 0.343. The van der Waals surface area contributed by atoms with Crippen molar-refractivity contribution in [1.29, 1.82) is 0 Å². The van der Waals surface area contributed by atoms with Crippen LogP contribution >= 0.6 is 23.4 Å². The Bertz CT molecular complexity index is 830. The third-order valence-corrected chi connectivity index (χ3v) is 6.09. The molecular weight excluding hydrogens is 446 g/mol. The maximum Gasteiger partial charge on any atom is 0.509 e. The monoisotopic (exact) mass is 471 g/mol. The highest BCUT2D eigenvalue weighted by Gasteiger charge is 2.35. The molecule has 1 aromatic carbocycles. The van der Waals surface area contributed by atoms with Crippen molar-refractivity contribution in [3.63, 3.8) is 0 Å². The fourth-order valence-electron chi connectivity index (χ4n) is 3.26. The number of nitrogens with zero attached hydrogens (tertiary/aromatic N) is 1. The van der Waals surface area contributed by atoms with Crippen molar-refractivity contribution in [2.24, 2.45) is 0 Å². The highest BCUT2D eigenvalue weighted by atomic mass is 35.5. The van der Waals surface area contributed by atoms with Crippen molar-refractivity contribution < 1.29 is 33.7 Å². The van der Waals surface area contributed by atoms with E-state index in [9.17, 15) is 19.5 Å². The molecule has 0 spiro atoms. The molecule has 170 valence electrons. The van der Waals surface area contributed by atoms with Crippen LogP contribution in [0.5, 0.6) is 0 Å². The van der Waals surface area contributed by atoms with Crippen molar-refractivity contribution in [1.82, 2.24) is 4.90 Å². The molecule has 0 saturated carbocycles. The maximum atomic E-state index is 12.6. The molecular formula is C21H26ClNO7S. The highest BCUT2D eigenvalue weighted by Crippen LogP contribution is 2.35. The number of piperidine rings is 1. The van der Waals surface area contributed by atoms with Crippen molar-refractivity contribution in [2.75, 3.05) is 26.1 Å².